The summed E-state index contributed by atoms with van der Waals surface area (Å²) in [6.45, 7) is 7.04. The third-order valence-electron chi connectivity index (χ3n) is 4.19. The van der Waals surface area contributed by atoms with Crippen molar-refractivity contribution in [3.63, 3.8) is 0 Å². The van der Waals surface area contributed by atoms with Gasteiger partial charge in [-0.15, -0.1) is 12.4 Å². The molecule has 0 radical (unpaired) electrons. The number of nitrogens with two attached hydrogens (primary N) is 1. The summed E-state index contributed by atoms with van der Waals surface area (Å²) in [6.07, 6.45) is 3.42. The molecule has 24 heavy (non-hydrogen) atoms. The largest absolute Gasteiger partial charge is 0.377 e. The maximum atomic E-state index is 12.3. The Labute approximate surface area is 150 Å². The molecule has 1 aliphatic carbocycles. The molecule has 1 aromatic heterocycles. The zero-order chi connectivity index (χ0) is 16.8. The Morgan fingerprint density at radius 3 is 2.58 bits per heavy atom. The van der Waals surface area contributed by atoms with Crippen molar-refractivity contribution in [2.24, 2.45) is 11.7 Å². The van der Waals surface area contributed by atoms with Gasteiger partial charge in [0, 0.05) is 30.0 Å². The molecule has 3 atom stereocenters. The summed E-state index contributed by atoms with van der Waals surface area (Å²) in [6, 6.07) is 1.85. The first-order valence-corrected chi connectivity index (χ1v) is 8.45. The Bertz CT molecular complexity index is 521. The number of carbonyl (C=O) groups is 1. The highest BCUT2D eigenvalue weighted by Crippen LogP contribution is 2.26. The highest BCUT2D eigenvalue weighted by Gasteiger charge is 2.32. The van der Waals surface area contributed by atoms with Crippen LogP contribution in [0.4, 0.5) is 0 Å². The fourth-order valence-corrected chi connectivity index (χ4v) is 3.08. The number of hydrogen-bond acceptors (Lipinski definition) is 5. The van der Waals surface area contributed by atoms with Crippen LogP contribution in [0.15, 0.2) is 6.07 Å². The molecule has 0 aromatic carbocycles. The lowest BCUT2D eigenvalue weighted by molar-refractivity contribution is -0.127. The molecule has 1 heterocycles. The number of carbonyl (C=O) groups excluding carboxylic acids is 1. The number of rotatable bonds is 6. The molecule has 0 unspecified atom stereocenters. The van der Waals surface area contributed by atoms with Gasteiger partial charge in [0.05, 0.1) is 12.6 Å². The minimum absolute atomic E-state index is 0. The first-order valence-electron chi connectivity index (χ1n) is 8.45. The average molecular weight is 357 g/mol. The van der Waals surface area contributed by atoms with Crippen LogP contribution in [0.25, 0.3) is 0 Å². The number of halogens is 1. The maximum Gasteiger partial charge on any atom is 0.223 e. The summed E-state index contributed by atoms with van der Waals surface area (Å²) in [7, 11) is 0. The van der Waals surface area contributed by atoms with Crippen molar-refractivity contribution in [1.29, 1.82) is 0 Å². The second-order valence-corrected chi connectivity index (χ2v) is 6.37. The van der Waals surface area contributed by atoms with Gasteiger partial charge in [-0.1, -0.05) is 6.92 Å². The number of nitrogens with zero attached hydrogens (tertiary/aromatic N) is 2. The molecule has 7 heteroatoms. The normalized spacial score (nSPS) is 23.4. The van der Waals surface area contributed by atoms with Crippen molar-refractivity contribution in [2.45, 2.75) is 65.1 Å². The summed E-state index contributed by atoms with van der Waals surface area (Å²) < 4.78 is 5.75. The quantitative estimate of drug-likeness (QED) is 0.814. The Morgan fingerprint density at radius 2 is 2.00 bits per heavy atom. The minimum Gasteiger partial charge on any atom is -0.377 e. The smallest absolute Gasteiger partial charge is 0.223 e. The summed E-state index contributed by atoms with van der Waals surface area (Å²) in [5.41, 5.74) is 7.99. The first-order chi connectivity index (χ1) is 11.0. The molecule has 1 aromatic rings. The highest BCUT2D eigenvalue weighted by atomic mass is 35.5. The van der Waals surface area contributed by atoms with Crippen LogP contribution in [-0.4, -0.2) is 34.6 Å². The van der Waals surface area contributed by atoms with Gasteiger partial charge in [-0.25, -0.2) is 9.97 Å². The summed E-state index contributed by atoms with van der Waals surface area (Å²) in [5.74, 6) is 0.648. The number of aromatic nitrogens is 2. The molecule has 1 amide bonds. The van der Waals surface area contributed by atoms with Gasteiger partial charge < -0.3 is 15.8 Å². The average Bonchev–Trinajstić information content (AvgIpc) is 2.50. The van der Waals surface area contributed by atoms with E-state index in [9.17, 15) is 4.79 Å². The van der Waals surface area contributed by atoms with Gasteiger partial charge in [0.15, 0.2) is 0 Å². The molecule has 2 rings (SSSR count). The fourth-order valence-electron chi connectivity index (χ4n) is 3.08. The van der Waals surface area contributed by atoms with E-state index in [-0.39, 0.29) is 36.4 Å². The second-order valence-electron chi connectivity index (χ2n) is 6.37. The van der Waals surface area contributed by atoms with Crippen LogP contribution >= 0.6 is 12.4 Å². The van der Waals surface area contributed by atoms with Crippen LogP contribution in [-0.2, 0) is 16.1 Å². The summed E-state index contributed by atoms with van der Waals surface area (Å²) >= 11 is 0. The lowest BCUT2D eigenvalue weighted by Gasteiger charge is -2.33. The van der Waals surface area contributed by atoms with E-state index < -0.39 is 0 Å². The van der Waals surface area contributed by atoms with Crippen LogP contribution in [0.2, 0.25) is 0 Å². The van der Waals surface area contributed by atoms with Crippen LogP contribution in [0.1, 0.15) is 49.8 Å². The maximum absolute atomic E-state index is 12.3. The van der Waals surface area contributed by atoms with Crippen LogP contribution in [0.3, 0.4) is 0 Å². The topological polar surface area (TPSA) is 90.1 Å². The van der Waals surface area contributed by atoms with E-state index in [2.05, 4.69) is 22.2 Å². The monoisotopic (exact) mass is 356 g/mol. The molecule has 0 spiro atoms. The molecular weight excluding hydrogens is 328 g/mol. The predicted molar refractivity (Wildman–Crippen MR) is 95.9 cm³/mol. The molecule has 0 aliphatic heterocycles. The third-order valence-corrected chi connectivity index (χ3v) is 4.19. The van der Waals surface area contributed by atoms with Crippen molar-refractivity contribution in [2.75, 3.05) is 6.61 Å². The van der Waals surface area contributed by atoms with Gasteiger partial charge in [0.25, 0.3) is 0 Å². The molecule has 1 fully saturated rings. The van der Waals surface area contributed by atoms with Crippen molar-refractivity contribution >= 4 is 18.3 Å². The fraction of sp³-hybridized carbons (Fsp3) is 0.706. The molecular formula is C17H29ClN4O2. The van der Waals surface area contributed by atoms with Gasteiger partial charge >= 0.3 is 0 Å². The lowest BCUT2D eigenvalue weighted by atomic mass is 9.83. The molecule has 136 valence electrons. The predicted octanol–water partition coefficient (Wildman–Crippen LogP) is 2.05. The minimum atomic E-state index is -0.0662. The number of hydrogen-bond donors (Lipinski definition) is 2. The zero-order valence-electron chi connectivity index (χ0n) is 14.7. The Balaban J connectivity index is 0.00000288. The number of amides is 1. The summed E-state index contributed by atoms with van der Waals surface area (Å²) in [4.78, 5) is 21.0. The van der Waals surface area contributed by atoms with Gasteiger partial charge in [-0.2, -0.15) is 0 Å². The molecule has 1 aliphatic rings. The van der Waals surface area contributed by atoms with E-state index in [4.69, 9.17) is 10.5 Å². The first kappa shape index (κ1) is 20.8. The number of nitrogens with one attached hydrogen (secondary N) is 1. The van der Waals surface area contributed by atoms with E-state index >= 15 is 0 Å². The van der Waals surface area contributed by atoms with Crippen LogP contribution in [0, 0.1) is 19.8 Å². The van der Waals surface area contributed by atoms with Gasteiger partial charge in [0.1, 0.15) is 5.82 Å². The van der Waals surface area contributed by atoms with Crippen molar-refractivity contribution in [1.82, 2.24) is 15.3 Å². The van der Waals surface area contributed by atoms with Crippen molar-refractivity contribution < 1.29 is 9.53 Å². The standard InChI is InChI=1S/C17H28N4O2.ClH/c1-4-7-23-15-6-5-13(9-14(15)18)17(22)19-10-16-20-11(2)8-12(3)21-16;/h8,13-15H,4-7,9-10,18H2,1-3H3,(H,19,22);1H/t13-,14+,15+;/m0./s1. The Kier molecular flexibility index (Phi) is 8.59. The second kappa shape index (κ2) is 9.91. The lowest BCUT2D eigenvalue weighted by Crippen LogP contribution is -2.46. The van der Waals surface area contributed by atoms with Gasteiger partial charge in [-0.3, -0.25) is 4.79 Å². The molecule has 0 bridgehead atoms. The van der Waals surface area contributed by atoms with E-state index in [0.717, 1.165) is 37.3 Å². The Morgan fingerprint density at radius 1 is 1.33 bits per heavy atom. The van der Waals surface area contributed by atoms with Gasteiger partial charge in [-0.05, 0) is 45.6 Å². The molecule has 3 N–H and O–H groups in total. The molecule has 6 nitrogen and oxygen atoms in total. The van der Waals surface area contributed by atoms with Gasteiger partial charge in [0.2, 0.25) is 5.91 Å². The summed E-state index contributed by atoms with van der Waals surface area (Å²) in [5, 5.41) is 2.94. The van der Waals surface area contributed by atoms with E-state index in [1.54, 1.807) is 0 Å². The van der Waals surface area contributed by atoms with Crippen LogP contribution in [0.5, 0.6) is 0 Å². The van der Waals surface area contributed by atoms with E-state index in [1.807, 2.05) is 19.9 Å². The Hall–Kier alpha value is -1.24. The van der Waals surface area contributed by atoms with Crippen molar-refractivity contribution in [3.05, 3.63) is 23.3 Å². The van der Waals surface area contributed by atoms with E-state index in [1.165, 1.54) is 0 Å². The number of ether oxygens (including phenoxy) is 1. The third kappa shape index (κ3) is 6.00. The van der Waals surface area contributed by atoms with Crippen molar-refractivity contribution in [3.8, 4) is 0 Å². The van der Waals surface area contributed by atoms with E-state index in [0.29, 0.717) is 18.8 Å². The molecule has 0 saturated heterocycles. The highest BCUT2D eigenvalue weighted by molar-refractivity contribution is 5.85. The molecule has 1 saturated carbocycles. The SMILES string of the molecule is CCCO[C@@H]1CC[C@H](C(=O)NCc2nc(C)cc(C)n2)C[C@H]1N.Cl. The zero-order valence-corrected chi connectivity index (χ0v) is 15.6. The number of aryl methyl sites for hydroxylation is 2. The van der Waals surface area contributed by atoms with Crippen LogP contribution < -0.4 is 11.1 Å².